The Morgan fingerprint density at radius 1 is 0.290 bits per heavy atom. The van der Waals surface area contributed by atoms with Crippen molar-refractivity contribution < 1.29 is 4.42 Å². The monoisotopic (exact) mass is 793 g/mol. The highest BCUT2D eigenvalue weighted by Crippen LogP contribution is 2.40. The summed E-state index contributed by atoms with van der Waals surface area (Å²) in [5, 5.41) is 2.11. The highest BCUT2D eigenvalue weighted by Gasteiger charge is 2.18. The molecule has 0 spiro atoms. The van der Waals surface area contributed by atoms with Crippen molar-refractivity contribution in [1.82, 2.24) is 15.0 Å². The van der Waals surface area contributed by atoms with Crippen molar-refractivity contribution in [3.05, 3.63) is 224 Å². The minimum Gasteiger partial charge on any atom is -0.456 e. The summed E-state index contributed by atoms with van der Waals surface area (Å²) < 4.78 is 6.65. The van der Waals surface area contributed by atoms with Gasteiger partial charge in [0.05, 0.1) is 0 Å². The van der Waals surface area contributed by atoms with Gasteiger partial charge in [-0.2, -0.15) is 0 Å². The molecule has 0 fully saturated rings. The summed E-state index contributed by atoms with van der Waals surface area (Å²) in [4.78, 5) is 15.7. The number of benzene rings is 9. The first-order valence-electron chi connectivity index (χ1n) is 20.9. The van der Waals surface area contributed by atoms with Gasteiger partial charge in [-0.25, -0.2) is 15.0 Å². The minimum absolute atomic E-state index is 0.565. The second-order valence-corrected chi connectivity index (χ2v) is 15.7. The molecule has 9 aromatic carbocycles. The number of fused-ring (bicyclic) bond motifs is 3. The van der Waals surface area contributed by atoms with Gasteiger partial charge in [0.15, 0.2) is 17.5 Å². The molecule has 0 aliphatic heterocycles. The smallest absolute Gasteiger partial charge is 0.164 e. The van der Waals surface area contributed by atoms with Crippen LogP contribution < -0.4 is 0 Å². The highest BCUT2D eigenvalue weighted by molar-refractivity contribution is 6.13. The molecule has 0 saturated heterocycles. The third-order valence-corrected chi connectivity index (χ3v) is 11.6. The summed E-state index contributed by atoms with van der Waals surface area (Å²) in [6.45, 7) is 2.11. The van der Waals surface area contributed by atoms with E-state index >= 15 is 0 Å². The van der Waals surface area contributed by atoms with E-state index in [1.807, 2.05) is 24.3 Å². The van der Waals surface area contributed by atoms with E-state index in [4.69, 9.17) is 19.4 Å². The average molecular weight is 794 g/mol. The average Bonchev–Trinajstić information content (AvgIpc) is 3.73. The first kappa shape index (κ1) is 36.8. The van der Waals surface area contributed by atoms with Crippen LogP contribution in [0.5, 0.6) is 0 Å². The molecule has 11 rings (SSSR count). The topological polar surface area (TPSA) is 51.8 Å². The van der Waals surface area contributed by atoms with Crippen LogP contribution in [0.3, 0.4) is 0 Å². The van der Waals surface area contributed by atoms with E-state index in [-0.39, 0.29) is 0 Å². The third kappa shape index (κ3) is 7.14. The number of furan rings is 1. The molecule has 11 aromatic rings. The number of hydrogen-bond acceptors (Lipinski definition) is 4. The van der Waals surface area contributed by atoms with E-state index in [0.717, 1.165) is 83.1 Å². The number of aromatic nitrogens is 3. The van der Waals surface area contributed by atoms with Crippen LogP contribution in [0.15, 0.2) is 223 Å². The molecule has 0 atom stereocenters. The quantitative estimate of drug-likeness (QED) is 0.154. The normalized spacial score (nSPS) is 11.3. The fraction of sp³-hybridized carbons (Fsp3) is 0.0172. The van der Waals surface area contributed by atoms with Gasteiger partial charge in [-0.15, -0.1) is 0 Å². The summed E-state index contributed by atoms with van der Waals surface area (Å²) in [6.07, 6.45) is 0. The van der Waals surface area contributed by atoms with E-state index in [9.17, 15) is 0 Å². The van der Waals surface area contributed by atoms with Crippen LogP contribution in [0.4, 0.5) is 0 Å². The van der Waals surface area contributed by atoms with Gasteiger partial charge < -0.3 is 4.42 Å². The predicted octanol–water partition coefficient (Wildman–Crippen LogP) is 15.4. The fourth-order valence-electron chi connectivity index (χ4n) is 8.40. The Balaban J connectivity index is 1.08. The molecule has 0 bridgehead atoms. The largest absolute Gasteiger partial charge is 0.456 e. The summed E-state index contributed by atoms with van der Waals surface area (Å²) in [5.74, 6) is 1.75. The molecule has 0 saturated carbocycles. The maximum absolute atomic E-state index is 6.65. The predicted molar refractivity (Wildman–Crippen MR) is 255 cm³/mol. The maximum atomic E-state index is 6.65. The standard InChI is InChI=1S/C58H39N3O/c1-38-26-28-42(29-27-38)44-21-12-23-46(33-44)56-59-57(61-58(60-56)50-35-48(40-16-7-3-8-17-40)34-49(36-50)41-18-9-4-10-19-41)47-30-31-52-54(37-47)62-53-25-13-24-51(55(52)53)45-22-11-20-43(32-45)39-14-5-2-6-15-39/h2-37H,1H3. The lowest BCUT2D eigenvalue weighted by molar-refractivity contribution is 0.669. The second kappa shape index (κ2) is 15.8. The number of nitrogens with zero attached hydrogens (tertiary/aromatic N) is 3. The summed E-state index contributed by atoms with van der Waals surface area (Å²) in [6, 6.07) is 76.4. The molecule has 0 N–H and O–H groups in total. The Morgan fingerprint density at radius 2 is 0.710 bits per heavy atom. The van der Waals surface area contributed by atoms with Gasteiger partial charge in [0.2, 0.25) is 0 Å². The van der Waals surface area contributed by atoms with Gasteiger partial charge >= 0.3 is 0 Å². The van der Waals surface area contributed by atoms with Crippen molar-refractivity contribution in [3.8, 4) is 89.8 Å². The van der Waals surface area contributed by atoms with Crippen LogP contribution in [-0.4, -0.2) is 15.0 Å². The van der Waals surface area contributed by atoms with Crippen LogP contribution in [0.25, 0.3) is 112 Å². The molecule has 0 amide bonds. The minimum atomic E-state index is 0.565. The molecule has 2 heterocycles. The van der Waals surface area contributed by atoms with Crippen molar-refractivity contribution in [3.63, 3.8) is 0 Å². The van der Waals surface area contributed by atoms with Gasteiger partial charge in [0, 0.05) is 27.5 Å². The lowest BCUT2D eigenvalue weighted by atomic mass is 9.95. The molecule has 4 nitrogen and oxygen atoms in total. The van der Waals surface area contributed by atoms with Crippen LogP contribution in [-0.2, 0) is 0 Å². The van der Waals surface area contributed by atoms with E-state index in [2.05, 4.69) is 201 Å². The highest BCUT2D eigenvalue weighted by atomic mass is 16.3. The Hall–Kier alpha value is -8.21. The molecule has 0 aliphatic rings. The Labute approximate surface area is 360 Å². The Bertz CT molecular complexity index is 3340. The van der Waals surface area contributed by atoms with E-state index < -0.39 is 0 Å². The summed E-state index contributed by atoms with van der Waals surface area (Å²) in [7, 11) is 0. The lowest BCUT2D eigenvalue weighted by Crippen LogP contribution is -2.01. The number of hydrogen-bond donors (Lipinski definition) is 0. The number of aryl methyl sites for hydroxylation is 1. The molecule has 292 valence electrons. The molecule has 0 radical (unpaired) electrons. The molecule has 0 unspecified atom stereocenters. The summed E-state index contributed by atoms with van der Waals surface area (Å²) >= 11 is 0. The Kier molecular flexibility index (Phi) is 9.36. The van der Waals surface area contributed by atoms with Crippen molar-refractivity contribution in [2.75, 3.05) is 0 Å². The van der Waals surface area contributed by atoms with E-state index in [1.165, 1.54) is 16.7 Å². The molecular weight excluding hydrogens is 755 g/mol. The first-order chi connectivity index (χ1) is 30.6. The zero-order chi connectivity index (χ0) is 41.4. The van der Waals surface area contributed by atoms with Crippen LogP contribution >= 0.6 is 0 Å². The fourth-order valence-corrected chi connectivity index (χ4v) is 8.40. The zero-order valence-corrected chi connectivity index (χ0v) is 34.0. The number of rotatable bonds is 8. The molecular formula is C58H39N3O. The lowest BCUT2D eigenvalue weighted by Gasteiger charge is -2.13. The molecule has 2 aromatic heterocycles. The van der Waals surface area contributed by atoms with Crippen molar-refractivity contribution in [2.45, 2.75) is 6.92 Å². The van der Waals surface area contributed by atoms with Crippen molar-refractivity contribution in [2.24, 2.45) is 0 Å². The molecule has 0 aliphatic carbocycles. The van der Waals surface area contributed by atoms with E-state index in [1.54, 1.807) is 0 Å². The van der Waals surface area contributed by atoms with Gasteiger partial charge in [0.1, 0.15) is 11.2 Å². The third-order valence-electron chi connectivity index (χ3n) is 11.6. The SMILES string of the molecule is Cc1ccc(-c2cccc(-c3nc(-c4cc(-c5ccccc5)cc(-c5ccccc5)c4)nc(-c4ccc5c(c4)oc4cccc(-c6cccc(-c7ccccc7)c6)c45)n3)c2)cc1. The van der Waals surface area contributed by atoms with E-state index in [0.29, 0.717) is 17.5 Å². The maximum Gasteiger partial charge on any atom is 0.164 e. The van der Waals surface area contributed by atoms with Crippen LogP contribution in [0, 0.1) is 6.92 Å². The van der Waals surface area contributed by atoms with Crippen molar-refractivity contribution >= 4 is 21.9 Å². The van der Waals surface area contributed by atoms with Gasteiger partial charge in [-0.05, 0) is 111 Å². The van der Waals surface area contributed by atoms with Gasteiger partial charge in [-0.3, -0.25) is 0 Å². The first-order valence-corrected chi connectivity index (χ1v) is 20.9. The Morgan fingerprint density at radius 3 is 1.32 bits per heavy atom. The molecule has 62 heavy (non-hydrogen) atoms. The second-order valence-electron chi connectivity index (χ2n) is 15.7. The van der Waals surface area contributed by atoms with Gasteiger partial charge in [0.25, 0.3) is 0 Å². The summed E-state index contributed by atoms with van der Waals surface area (Å²) in [5.41, 5.74) is 16.7. The zero-order valence-electron chi connectivity index (χ0n) is 34.0. The molecule has 4 heteroatoms. The van der Waals surface area contributed by atoms with Crippen molar-refractivity contribution in [1.29, 1.82) is 0 Å². The van der Waals surface area contributed by atoms with Crippen LogP contribution in [0.2, 0.25) is 0 Å². The van der Waals surface area contributed by atoms with Crippen LogP contribution in [0.1, 0.15) is 5.56 Å². The van der Waals surface area contributed by atoms with Gasteiger partial charge in [-0.1, -0.05) is 175 Å².